The van der Waals surface area contributed by atoms with Gasteiger partial charge in [0.2, 0.25) is 0 Å². The Balaban J connectivity index is 1.65. The van der Waals surface area contributed by atoms with Crippen molar-refractivity contribution in [1.29, 1.82) is 0 Å². The van der Waals surface area contributed by atoms with E-state index in [2.05, 4.69) is 4.98 Å². The van der Waals surface area contributed by atoms with Gasteiger partial charge in [0, 0.05) is 17.8 Å². The Bertz CT molecular complexity index is 908. The Hall–Kier alpha value is -1.21. The van der Waals surface area contributed by atoms with Crippen LogP contribution in [0.3, 0.4) is 0 Å². The summed E-state index contributed by atoms with van der Waals surface area (Å²) in [4.78, 5) is 16.7. The van der Waals surface area contributed by atoms with Crippen LogP contribution >= 0.6 is 46.3 Å². The largest absolute Gasteiger partial charge is 0.491 e. The number of thioether (sulfide) groups is 1. The fourth-order valence-corrected chi connectivity index (χ4v) is 4.03. The van der Waals surface area contributed by atoms with Crippen molar-refractivity contribution in [2.24, 2.45) is 7.05 Å². The van der Waals surface area contributed by atoms with E-state index in [-0.39, 0.29) is 5.56 Å². The Kier molecular flexibility index (Phi) is 5.16. The lowest BCUT2D eigenvalue weighted by Crippen LogP contribution is -2.19. The van der Waals surface area contributed by atoms with Crippen LogP contribution in [0, 0.1) is 0 Å². The summed E-state index contributed by atoms with van der Waals surface area (Å²) in [7, 11) is 1.73. The molecule has 0 N–H and O–H groups in total. The number of halogens is 2. The molecule has 4 nitrogen and oxygen atoms in total. The maximum absolute atomic E-state index is 12.2. The highest BCUT2D eigenvalue weighted by atomic mass is 35.5. The van der Waals surface area contributed by atoms with Crippen LogP contribution in [-0.2, 0) is 7.05 Å². The molecule has 0 atom stereocenters. The maximum atomic E-state index is 12.2. The minimum absolute atomic E-state index is 0.0193. The molecule has 0 amide bonds. The first kappa shape index (κ1) is 16.6. The van der Waals surface area contributed by atoms with Gasteiger partial charge in [-0.1, -0.05) is 35.0 Å². The summed E-state index contributed by atoms with van der Waals surface area (Å²) in [5.41, 5.74) is 0.719. The molecule has 0 spiro atoms. The van der Waals surface area contributed by atoms with Crippen LogP contribution in [0.1, 0.15) is 0 Å². The summed E-state index contributed by atoms with van der Waals surface area (Å²) in [5, 5.41) is 3.60. The summed E-state index contributed by atoms with van der Waals surface area (Å²) in [6, 6.07) is 6.96. The smallest absolute Gasteiger partial charge is 0.271 e. The molecule has 8 heteroatoms. The highest BCUT2D eigenvalue weighted by molar-refractivity contribution is 7.99. The van der Waals surface area contributed by atoms with E-state index in [1.54, 1.807) is 29.8 Å². The average molecular weight is 387 g/mol. The zero-order valence-corrected chi connectivity index (χ0v) is 15.2. The van der Waals surface area contributed by atoms with Gasteiger partial charge in [-0.3, -0.25) is 9.36 Å². The molecule has 0 aliphatic heterocycles. The van der Waals surface area contributed by atoms with Crippen LogP contribution in [0.15, 0.2) is 39.6 Å². The number of nitrogens with zero attached hydrogens (tertiary/aromatic N) is 2. The number of rotatable bonds is 5. The lowest BCUT2D eigenvalue weighted by atomic mass is 10.3. The van der Waals surface area contributed by atoms with Crippen LogP contribution in [0.4, 0.5) is 0 Å². The number of aromatic nitrogens is 2. The van der Waals surface area contributed by atoms with Gasteiger partial charge in [-0.25, -0.2) is 4.98 Å². The lowest BCUT2D eigenvalue weighted by Gasteiger charge is -2.09. The van der Waals surface area contributed by atoms with E-state index in [1.807, 2.05) is 11.4 Å². The topological polar surface area (TPSA) is 44.1 Å². The van der Waals surface area contributed by atoms with E-state index in [9.17, 15) is 4.79 Å². The lowest BCUT2D eigenvalue weighted by molar-refractivity contribution is 0.344. The van der Waals surface area contributed by atoms with E-state index < -0.39 is 0 Å². The molecule has 0 radical (unpaired) electrons. The first-order valence-corrected chi connectivity index (χ1v) is 9.33. The van der Waals surface area contributed by atoms with Crippen LogP contribution < -0.4 is 10.3 Å². The third-order valence-electron chi connectivity index (χ3n) is 3.11. The molecule has 120 valence electrons. The van der Waals surface area contributed by atoms with Crippen LogP contribution in [0.2, 0.25) is 10.0 Å². The Morgan fingerprint density at radius 2 is 2.17 bits per heavy atom. The molecule has 2 heterocycles. The average Bonchev–Trinajstić information content (AvgIpc) is 2.98. The van der Waals surface area contributed by atoms with E-state index in [1.165, 1.54) is 23.1 Å². The molecule has 0 bridgehead atoms. The summed E-state index contributed by atoms with van der Waals surface area (Å²) >= 11 is 14.8. The third kappa shape index (κ3) is 3.66. The molecule has 3 rings (SSSR count). The number of fused-ring (bicyclic) bond motifs is 1. The molecule has 2 aromatic heterocycles. The highest BCUT2D eigenvalue weighted by Gasteiger charge is 2.10. The second-order valence-electron chi connectivity index (χ2n) is 4.67. The summed E-state index contributed by atoms with van der Waals surface area (Å²) in [6.07, 6.45) is 0. The van der Waals surface area contributed by atoms with Gasteiger partial charge in [-0.05, 0) is 29.6 Å². The maximum Gasteiger partial charge on any atom is 0.271 e. The van der Waals surface area contributed by atoms with Gasteiger partial charge in [0.05, 0.1) is 17.1 Å². The van der Waals surface area contributed by atoms with E-state index >= 15 is 0 Å². The predicted octanol–water partition coefficient (Wildman–Crippen LogP) is 4.47. The summed E-state index contributed by atoms with van der Waals surface area (Å²) < 4.78 is 7.88. The normalized spacial score (nSPS) is 11.1. The first-order chi connectivity index (χ1) is 11.1. The zero-order valence-electron chi connectivity index (χ0n) is 12.1. The van der Waals surface area contributed by atoms with E-state index in [0.29, 0.717) is 38.0 Å². The number of ether oxygens (including phenoxy) is 1. The van der Waals surface area contributed by atoms with Gasteiger partial charge in [-0.2, -0.15) is 0 Å². The van der Waals surface area contributed by atoms with Crippen molar-refractivity contribution in [3.8, 4) is 5.75 Å². The summed E-state index contributed by atoms with van der Waals surface area (Å²) in [5.74, 6) is 1.24. The van der Waals surface area contributed by atoms with Crippen LogP contribution in [-0.4, -0.2) is 21.9 Å². The number of hydrogen-bond donors (Lipinski definition) is 0. The standard InChI is InChI=1S/C15H12Cl2N2O2S2/c1-19-14(20)13-11(4-6-22-13)18-15(19)23-7-5-21-12-3-2-9(16)8-10(12)17/h2-4,6,8H,5,7H2,1H3. The van der Waals surface area contributed by atoms with Crippen molar-refractivity contribution in [2.45, 2.75) is 5.16 Å². The fourth-order valence-electron chi connectivity index (χ4n) is 1.97. The molecule has 3 aromatic rings. The van der Waals surface area contributed by atoms with Crippen LogP contribution in [0.25, 0.3) is 10.2 Å². The van der Waals surface area contributed by atoms with Crippen LogP contribution in [0.5, 0.6) is 5.75 Å². The highest BCUT2D eigenvalue weighted by Crippen LogP contribution is 2.28. The second kappa shape index (κ2) is 7.13. The van der Waals surface area contributed by atoms with Gasteiger partial charge in [0.15, 0.2) is 5.16 Å². The number of thiophene rings is 1. The van der Waals surface area contributed by atoms with Gasteiger partial charge < -0.3 is 4.74 Å². The first-order valence-electron chi connectivity index (χ1n) is 6.71. The SMILES string of the molecule is Cn1c(SCCOc2ccc(Cl)cc2Cl)nc2ccsc2c1=O. The molecule has 0 saturated heterocycles. The molecular formula is C15H12Cl2N2O2S2. The van der Waals surface area contributed by atoms with Crippen molar-refractivity contribution in [3.63, 3.8) is 0 Å². The Morgan fingerprint density at radius 3 is 2.96 bits per heavy atom. The molecule has 0 fully saturated rings. The number of hydrogen-bond acceptors (Lipinski definition) is 5. The third-order valence-corrected chi connectivity index (χ3v) is 5.53. The Labute approximate surface area is 151 Å². The van der Waals surface area contributed by atoms with Gasteiger partial charge in [0.1, 0.15) is 10.4 Å². The second-order valence-corrected chi connectivity index (χ2v) is 7.49. The molecular weight excluding hydrogens is 375 g/mol. The quantitative estimate of drug-likeness (QED) is 0.368. The predicted molar refractivity (Wildman–Crippen MR) is 97.5 cm³/mol. The van der Waals surface area contributed by atoms with Gasteiger partial charge in [-0.15, -0.1) is 11.3 Å². The molecule has 23 heavy (non-hydrogen) atoms. The van der Waals surface area contributed by atoms with Crippen molar-refractivity contribution < 1.29 is 4.74 Å². The molecule has 0 aliphatic carbocycles. The van der Waals surface area contributed by atoms with E-state index in [0.717, 1.165) is 5.52 Å². The minimum atomic E-state index is -0.0193. The minimum Gasteiger partial charge on any atom is -0.491 e. The molecule has 0 unspecified atom stereocenters. The Morgan fingerprint density at radius 1 is 1.35 bits per heavy atom. The molecule has 0 aliphatic rings. The van der Waals surface area contributed by atoms with Crippen molar-refractivity contribution in [3.05, 3.63) is 50.0 Å². The van der Waals surface area contributed by atoms with Crippen molar-refractivity contribution in [2.75, 3.05) is 12.4 Å². The van der Waals surface area contributed by atoms with Crippen molar-refractivity contribution in [1.82, 2.24) is 9.55 Å². The fraction of sp³-hybridized carbons (Fsp3) is 0.200. The van der Waals surface area contributed by atoms with E-state index in [4.69, 9.17) is 27.9 Å². The molecule has 1 aromatic carbocycles. The number of benzene rings is 1. The van der Waals surface area contributed by atoms with Gasteiger partial charge in [0.25, 0.3) is 5.56 Å². The monoisotopic (exact) mass is 386 g/mol. The van der Waals surface area contributed by atoms with Gasteiger partial charge >= 0.3 is 0 Å². The zero-order chi connectivity index (χ0) is 16.4. The van der Waals surface area contributed by atoms with Crippen molar-refractivity contribution >= 4 is 56.5 Å². The summed E-state index contributed by atoms with van der Waals surface area (Å²) in [6.45, 7) is 0.448. The molecule has 0 saturated carbocycles.